The van der Waals surface area contributed by atoms with Crippen LogP contribution in [0.25, 0.3) is 0 Å². The van der Waals surface area contributed by atoms with Gasteiger partial charge in [0.15, 0.2) is 0 Å². The van der Waals surface area contributed by atoms with Crippen LogP contribution in [0.4, 0.5) is 0 Å². The molecule has 2 unspecified atom stereocenters. The SMILES string of the molecule is CCCCCCOC(C)CC(C)NCCC. The number of unbranched alkanes of at least 4 members (excludes halogenated alkanes) is 3. The molecule has 0 saturated carbocycles. The van der Waals surface area contributed by atoms with Crippen LogP contribution in [-0.4, -0.2) is 25.3 Å². The van der Waals surface area contributed by atoms with Gasteiger partial charge >= 0.3 is 0 Å². The molecule has 0 aliphatic carbocycles. The molecular weight excluding hydrogens is 198 g/mol. The summed E-state index contributed by atoms with van der Waals surface area (Å²) in [6.45, 7) is 10.9. The van der Waals surface area contributed by atoms with Crippen LogP contribution in [0, 0.1) is 0 Å². The summed E-state index contributed by atoms with van der Waals surface area (Å²) in [5.41, 5.74) is 0. The molecule has 0 spiro atoms. The topological polar surface area (TPSA) is 21.3 Å². The third-order valence-electron chi connectivity index (χ3n) is 2.83. The number of hydrogen-bond donors (Lipinski definition) is 1. The molecule has 0 aromatic heterocycles. The summed E-state index contributed by atoms with van der Waals surface area (Å²) in [5, 5.41) is 3.49. The third-order valence-corrected chi connectivity index (χ3v) is 2.83. The van der Waals surface area contributed by atoms with Crippen molar-refractivity contribution in [3.63, 3.8) is 0 Å². The molecule has 0 heterocycles. The Hall–Kier alpha value is -0.0800. The van der Waals surface area contributed by atoms with Crippen molar-refractivity contribution in [1.29, 1.82) is 0 Å². The third kappa shape index (κ3) is 10.4. The predicted molar refractivity (Wildman–Crippen MR) is 71.9 cm³/mol. The van der Waals surface area contributed by atoms with Gasteiger partial charge in [0.2, 0.25) is 0 Å². The fourth-order valence-corrected chi connectivity index (χ4v) is 1.85. The van der Waals surface area contributed by atoms with Gasteiger partial charge in [-0.05, 0) is 39.7 Å². The average molecular weight is 229 g/mol. The lowest BCUT2D eigenvalue weighted by Gasteiger charge is -2.19. The zero-order valence-corrected chi connectivity index (χ0v) is 11.7. The Morgan fingerprint density at radius 3 is 2.38 bits per heavy atom. The molecule has 0 fully saturated rings. The molecule has 0 radical (unpaired) electrons. The van der Waals surface area contributed by atoms with Gasteiger partial charge in [0, 0.05) is 12.6 Å². The minimum absolute atomic E-state index is 0.390. The van der Waals surface area contributed by atoms with E-state index in [9.17, 15) is 0 Å². The van der Waals surface area contributed by atoms with E-state index in [0.29, 0.717) is 12.1 Å². The Bertz CT molecular complexity index is 139. The molecule has 0 aliphatic heterocycles. The highest BCUT2D eigenvalue weighted by Crippen LogP contribution is 2.05. The molecule has 0 aromatic carbocycles. The van der Waals surface area contributed by atoms with Crippen LogP contribution in [0.5, 0.6) is 0 Å². The highest BCUT2D eigenvalue weighted by molar-refractivity contribution is 4.64. The first-order valence-electron chi connectivity index (χ1n) is 7.05. The highest BCUT2D eigenvalue weighted by atomic mass is 16.5. The predicted octanol–water partition coefficient (Wildman–Crippen LogP) is 3.75. The van der Waals surface area contributed by atoms with Gasteiger partial charge in [0.05, 0.1) is 6.10 Å². The molecule has 0 bridgehead atoms. The maximum Gasteiger partial charge on any atom is 0.0561 e. The Labute approximate surface area is 102 Å². The monoisotopic (exact) mass is 229 g/mol. The number of nitrogens with one attached hydrogen (secondary N) is 1. The van der Waals surface area contributed by atoms with Crippen LogP contribution >= 0.6 is 0 Å². The number of ether oxygens (including phenoxy) is 1. The Balaban J connectivity index is 3.32. The largest absolute Gasteiger partial charge is 0.378 e. The van der Waals surface area contributed by atoms with E-state index in [4.69, 9.17) is 4.74 Å². The van der Waals surface area contributed by atoms with Gasteiger partial charge in [-0.1, -0.05) is 33.1 Å². The Morgan fingerprint density at radius 1 is 1.00 bits per heavy atom. The molecule has 2 atom stereocenters. The van der Waals surface area contributed by atoms with Gasteiger partial charge < -0.3 is 10.1 Å². The molecule has 0 amide bonds. The summed E-state index contributed by atoms with van der Waals surface area (Å²) in [6.07, 6.45) is 7.88. The van der Waals surface area contributed by atoms with Gasteiger partial charge in [-0.3, -0.25) is 0 Å². The van der Waals surface area contributed by atoms with E-state index < -0.39 is 0 Å². The first-order chi connectivity index (χ1) is 7.70. The summed E-state index contributed by atoms with van der Waals surface area (Å²) < 4.78 is 5.80. The molecule has 2 nitrogen and oxygen atoms in total. The fraction of sp³-hybridized carbons (Fsp3) is 1.00. The van der Waals surface area contributed by atoms with Gasteiger partial charge in [-0.2, -0.15) is 0 Å². The van der Waals surface area contributed by atoms with Crippen LogP contribution in [0.2, 0.25) is 0 Å². The second-order valence-electron chi connectivity index (χ2n) is 4.83. The summed E-state index contributed by atoms with van der Waals surface area (Å²) >= 11 is 0. The summed E-state index contributed by atoms with van der Waals surface area (Å²) in [6, 6.07) is 0.575. The standard InChI is InChI=1S/C14H31NO/c1-5-7-8-9-11-16-14(4)12-13(3)15-10-6-2/h13-15H,5-12H2,1-4H3. The lowest BCUT2D eigenvalue weighted by atomic mass is 10.1. The van der Waals surface area contributed by atoms with E-state index >= 15 is 0 Å². The zero-order chi connectivity index (χ0) is 12.2. The van der Waals surface area contributed by atoms with Crippen molar-refractivity contribution in [2.24, 2.45) is 0 Å². The first-order valence-corrected chi connectivity index (χ1v) is 7.05. The van der Waals surface area contributed by atoms with Crippen molar-refractivity contribution in [3.8, 4) is 0 Å². The number of hydrogen-bond acceptors (Lipinski definition) is 2. The average Bonchev–Trinajstić information content (AvgIpc) is 2.26. The van der Waals surface area contributed by atoms with Crippen molar-refractivity contribution in [2.75, 3.05) is 13.2 Å². The fourth-order valence-electron chi connectivity index (χ4n) is 1.85. The number of rotatable bonds is 11. The lowest BCUT2D eigenvalue weighted by molar-refractivity contribution is 0.0517. The van der Waals surface area contributed by atoms with Gasteiger partial charge in [-0.25, -0.2) is 0 Å². The summed E-state index contributed by atoms with van der Waals surface area (Å²) in [4.78, 5) is 0. The van der Waals surface area contributed by atoms with Gasteiger partial charge in [0.1, 0.15) is 0 Å². The molecule has 0 rings (SSSR count). The summed E-state index contributed by atoms with van der Waals surface area (Å²) in [7, 11) is 0. The van der Waals surface area contributed by atoms with E-state index in [-0.39, 0.29) is 0 Å². The van der Waals surface area contributed by atoms with E-state index in [2.05, 4.69) is 33.0 Å². The van der Waals surface area contributed by atoms with Crippen molar-refractivity contribution >= 4 is 0 Å². The van der Waals surface area contributed by atoms with Crippen molar-refractivity contribution in [3.05, 3.63) is 0 Å². The van der Waals surface area contributed by atoms with Crippen LogP contribution in [0.3, 0.4) is 0 Å². The molecule has 16 heavy (non-hydrogen) atoms. The molecule has 0 aromatic rings. The lowest BCUT2D eigenvalue weighted by Crippen LogP contribution is -2.30. The maximum absolute atomic E-state index is 5.80. The van der Waals surface area contributed by atoms with E-state index in [1.165, 1.54) is 32.1 Å². The molecule has 0 aliphatic rings. The van der Waals surface area contributed by atoms with Crippen molar-refractivity contribution in [2.45, 2.75) is 78.4 Å². The van der Waals surface area contributed by atoms with E-state index in [0.717, 1.165) is 19.6 Å². The van der Waals surface area contributed by atoms with E-state index in [1.807, 2.05) is 0 Å². The Kier molecular flexibility index (Phi) is 11.3. The maximum atomic E-state index is 5.80. The van der Waals surface area contributed by atoms with Crippen molar-refractivity contribution in [1.82, 2.24) is 5.32 Å². The second-order valence-corrected chi connectivity index (χ2v) is 4.83. The highest BCUT2D eigenvalue weighted by Gasteiger charge is 2.07. The molecular formula is C14H31NO. The second kappa shape index (κ2) is 11.4. The van der Waals surface area contributed by atoms with Crippen LogP contribution < -0.4 is 5.32 Å². The van der Waals surface area contributed by atoms with Crippen LogP contribution in [0.15, 0.2) is 0 Å². The minimum Gasteiger partial charge on any atom is -0.378 e. The van der Waals surface area contributed by atoms with E-state index in [1.54, 1.807) is 0 Å². The zero-order valence-electron chi connectivity index (χ0n) is 11.7. The molecule has 1 N–H and O–H groups in total. The molecule has 0 saturated heterocycles. The van der Waals surface area contributed by atoms with Gasteiger partial charge in [0.25, 0.3) is 0 Å². The smallest absolute Gasteiger partial charge is 0.0561 e. The van der Waals surface area contributed by atoms with Crippen LogP contribution in [0.1, 0.15) is 66.2 Å². The Morgan fingerprint density at radius 2 is 1.75 bits per heavy atom. The minimum atomic E-state index is 0.390. The quantitative estimate of drug-likeness (QED) is 0.545. The van der Waals surface area contributed by atoms with Crippen molar-refractivity contribution < 1.29 is 4.74 Å². The first kappa shape index (κ1) is 15.9. The normalized spacial score (nSPS) is 15.0. The summed E-state index contributed by atoms with van der Waals surface area (Å²) in [5.74, 6) is 0. The van der Waals surface area contributed by atoms with Crippen LogP contribution in [-0.2, 0) is 4.74 Å². The molecule has 2 heteroatoms. The molecule has 98 valence electrons. The van der Waals surface area contributed by atoms with Gasteiger partial charge in [-0.15, -0.1) is 0 Å².